The van der Waals surface area contributed by atoms with Crippen LogP contribution >= 0.6 is 11.3 Å². The minimum Gasteiger partial charge on any atom is -0.293 e. The molecular weight excluding hydrogens is 429 g/mol. The first-order chi connectivity index (χ1) is 14.8. The van der Waals surface area contributed by atoms with Crippen LogP contribution in [0.2, 0.25) is 0 Å². The molecule has 0 unspecified atom stereocenters. The summed E-state index contributed by atoms with van der Waals surface area (Å²) in [5, 5.41) is 0. The van der Waals surface area contributed by atoms with Gasteiger partial charge in [0.05, 0.1) is 10.4 Å². The number of thiophene rings is 1. The first kappa shape index (κ1) is 22.6. The van der Waals surface area contributed by atoms with Gasteiger partial charge in [-0.05, 0) is 53.9 Å². The Morgan fingerprint density at radius 2 is 1.61 bits per heavy atom. The molecule has 1 heterocycles. The molecule has 162 valence electrons. The van der Waals surface area contributed by atoms with Crippen LogP contribution in [0, 0.1) is 0 Å². The first-order valence-electron chi connectivity index (χ1n) is 9.53. The second-order valence-electron chi connectivity index (χ2n) is 6.70. The fraction of sp³-hybridized carbons (Fsp3) is 0.217. The lowest BCUT2D eigenvalue weighted by Crippen LogP contribution is -2.06. The Hall–Kier alpha value is -3.13. The molecule has 4 nitrogen and oxygen atoms in total. The molecule has 0 atom stereocenters. The standard InChI is InChI=1S/C23H19F3O4S/c1-2-22(28)30-29-18-10-3-15(4-11-18)5-12-19(27)21-14-13-20(31-21)16-6-8-17(9-7-16)23(24,25)26/h3-4,6-11,13-14H,2,5,12H2,1H3. The molecule has 0 aliphatic heterocycles. The van der Waals surface area contributed by atoms with Crippen molar-refractivity contribution in [3.63, 3.8) is 0 Å². The van der Waals surface area contributed by atoms with Gasteiger partial charge in [-0.15, -0.1) is 11.3 Å². The molecule has 0 saturated carbocycles. The predicted molar refractivity (Wildman–Crippen MR) is 111 cm³/mol. The van der Waals surface area contributed by atoms with Gasteiger partial charge in [0.1, 0.15) is 0 Å². The zero-order valence-corrected chi connectivity index (χ0v) is 17.4. The summed E-state index contributed by atoms with van der Waals surface area (Å²) in [5.74, 6) is -0.127. The summed E-state index contributed by atoms with van der Waals surface area (Å²) < 4.78 is 38.1. The molecule has 0 saturated heterocycles. The number of halogens is 3. The van der Waals surface area contributed by atoms with E-state index in [1.165, 1.54) is 23.5 Å². The van der Waals surface area contributed by atoms with E-state index < -0.39 is 17.7 Å². The molecule has 31 heavy (non-hydrogen) atoms. The number of rotatable bonds is 8. The van der Waals surface area contributed by atoms with Gasteiger partial charge in [-0.2, -0.15) is 13.2 Å². The van der Waals surface area contributed by atoms with E-state index in [-0.39, 0.29) is 18.6 Å². The SMILES string of the molecule is CCC(=O)OOc1ccc(CCC(=O)c2ccc(-c3ccc(C(F)(F)F)cc3)s2)cc1. The second kappa shape index (κ2) is 9.78. The lowest BCUT2D eigenvalue weighted by molar-refractivity contribution is -0.213. The number of Topliss-reactive ketones (excluding diaryl/α,β-unsaturated/α-hetero) is 1. The topological polar surface area (TPSA) is 52.6 Å². The van der Waals surface area contributed by atoms with Crippen molar-refractivity contribution in [3.8, 4) is 16.2 Å². The number of benzene rings is 2. The highest BCUT2D eigenvalue weighted by Crippen LogP contribution is 2.33. The lowest BCUT2D eigenvalue weighted by atomic mass is 10.1. The summed E-state index contributed by atoms with van der Waals surface area (Å²) in [6.45, 7) is 1.66. The number of ketones is 1. The maximum absolute atomic E-state index is 12.7. The number of alkyl halides is 3. The van der Waals surface area contributed by atoms with Crippen LogP contribution in [0.3, 0.4) is 0 Å². The molecule has 0 aliphatic rings. The molecule has 0 N–H and O–H groups in total. The highest BCUT2D eigenvalue weighted by atomic mass is 32.1. The van der Waals surface area contributed by atoms with Crippen LogP contribution in [0.15, 0.2) is 60.7 Å². The van der Waals surface area contributed by atoms with Gasteiger partial charge in [-0.25, -0.2) is 4.79 Å². The Morgan fingerprint density at radius 3 is 2.23 bits per heavy atom. The van der Waals surface area contributed by atoms with E-state index in [0.29, 0.717) is 22.6 Å². The van der Waals surface area contributed by atoms with Gasteiger partial charge in [-0.1, -0.05) is 31.2 Å². The maximum Gasteiger partial charge on any atom is 0.416 e. The maximum atomic E-state index is 12.7. The highest BCUT2D eigenvalue weighted by Gasteiger charge is 2.30. The number of carbonyl (C=O) groups excluding carboxylic acids is 2. The zero-order valence-electron chi connectivity index (χ0n) is 16.6. The van der Waals surface area contributed by atoms with E-state index in [4.69, 9.17) is 4.89 Å². The van der Waals surface area contributed by atoms with Gasteiger partial charge in [0, 0.05) is 17.7 Å². The van der Waals surface area contributed by atoms with Crippen molar-refractivity contribution in [1.82, 2.24) is 0 Å². The number of carbonyl (C=O) groups is 2. The smallest absolute Gasteiger partial charge is 0.293 e. The lowest BCUT2D eigenvalue weighted by Gasteiger charge is -2.06. The van der Waals surface area contributed by atoms with Crippen LogP contribution in [-0.4, -0.2) is 11.8 Å². The van der Waals surface area contributed by atoms with Crippen LogP contribution in [0.25, 0.3) is 10.4 Å². The summed E-state index contributed by atoms with van der Waals surface area (Å²) in [7, 11) is 0. The van der Waals surface area contributed by atoms with Crippen molar-refractivity contribution in [2.75, 3.05) is 0 Å². The molecule has 0 aliphatic carbocycles. The molecule has 0 spiro atoms. The van der Waals surface area contributed by atoms with E-state index in [1.54, 1.807) is 43.3 Å². The minimum absolute atomic E-state index is 0.0413. The molecule has 0 fully saturated rings. The summed E-state index contributed by atoms with van der Waals surface area (Å²) >= 11 is 1.26. The monoisotopic (exact) mass is 448 g/mol. The van der Waals surface area contributed by atoms with E-state index in [2.05, 4.69) is 4.89 Å². The van der Waals surface area contributed by atoms with Gasteiger partial charge in [-0.3, -0.25) is 14.6 Å². The predicted octanol–water partition coefficient (Wildman–Crippen LogP) is 6.50. The van der Waals surface area contributed by atoms with Crippen molar-refractivity contribution in [1.29, 1.82) is 0 Å². The van der Waals surface area contributed by atoms with Crippen LogP contribution in [0.1, 0.15) is 40.6 Å². The quantitative estimate of drug-likeness (QED) is 0.224. The highest BCUT2D eigenvalue weighted by molar-refractivity contribution is 7.17. The Morgan fingerprint density at radius 1 is 0.935 bits per heavy atom. The fourth-order valence-corrected chi connectivity index (χ4v) is 3.69. The summed E-state index contributed by atoms with van der Waals surface area (Å²) in [5.41, 5.74) is 0.850. The molecule has 0 amide bonds. The normalized spacial score (nSPS) is 11.2. The fourth-order valence-electron chi connectivity index (χ4n) is 2.71. The van der Waals surface area contributed by atoms with Crippen molar-refractivity contribution in [2.24, 2.45) is 0 Å². The van der Waals surface area contributed by atoms with Crippen LogP contribution < -0.4 is 4.89 Å². The number of hydrogen-bond donors (Lipinski definition) is 0. The average molecular weight is 448 g/mol. The zero-order chi connectivity index (χ0) is 22.4. The van der Waals surface area contributed by atoms with Crippen molar-refractivity contribution in [2.45, 2.75) is 32.4 Å². The molecule has 8 heteroatoms. The number of aryl methyl sites for hydroxylation is 1. The Kier molecular flexibility index (Phi) is 7.12. The van der Waals surface area contributed by atoms with Gasteiger partial charge >= 0.3 is 12.1 Å². The molecule has 1 aromatic heterocycles. The van der Waals surface area contributed by atoms with Crippen LogP contribution in [0.5, 0.6) is 5.75 Å². The summed E-state index contributed by atoms with van der Waals surface area (Å²) in [6, 6.07) is 15.2. The van der Waals surface area contributed by atoms with Crippen LogP contribution in [0.4, 0.5) is 13.2 Å². The minimum atomic E-state index is -4.38. The Labute approximate surface area is 181 Å². The largest absolute Gasteiger partial charge is 0.416 e. The average Bonchev–Trinajstić information content (AvgIpc) is 3.26. The Balaban J connectivity index is 1.56. The van der Waals surface area contributed by atoms with Gasteiger partial charge in [0.25, 0.3) is 0 Å². The third-order valence-electron chi connectivity index (χ3n) is 4.46. The van der Waals surface area contributed by atoms with E-state index in [1.807, 2.05) is 0 Å². The second-order valence-corrected chi connectivity index (χ2v) is 7.78. The van der Waals surface area contributed by atoms with Crippen LogP contribution in [-0.2, 0) is 22.3 Å². The first-order valence-corrected chi connectivity index (χ1v) is 10.3. The third-order valence-corrected chi connectivity index (χ3v) is 5.64. The number of hydrogen-bond acceptors (Lipinski definition) is 5. The molecule has 0 radical (unpaired) electrons. The van der Waals surface area contributed by atoms with Gasteiger partial charge in [0.15, 0.2) is 11.5 Å². The summed E-state index contributed by atoms with van der Waals surface area (Å²) in [4.78, 5) is 34.4. The molecular formula is C23H19F3O4S. The Bertz CT molecular complexity index is 1040. The van der Waals surface area contributed by atoms with Crippen molar-refractivity contribution >= 4 is 23.1 Å². The third kappa shape index (κ3) is 6.18. The van der Waals surface area contributed by atoms with Gasteiger partial charge in [0.2, 0.25) is 0 Å². The van der Waals surface area contributed by atoms with Gasteiger partial charge < -0.3 is 0 Å². The van der Waals surface area contributed by atoms with E-state index in [0.717, 1.165) is 22.6 Å². The van der Waals surface area contributed by atoms with E-state index in [9.17, 15) is 22.8 Å². The molecule has 2 aromatic carbocycles. The molecule has 3 rings (SSSR count). The molecule has 3 aromatic rings. The van der Waals surface area contributed by atoms with Crippen molar-refractivity contribution < 1.29 is 32.5 Å². The summed E-state index contributed by atoms with van der Waals surface area (Å²) in [6.07, 6.45) is -3.36. The molecule has 0 bridgehead atoms. The van der Waals surface area contributed by atoms with E-state index >= 15 is 0 Å². The van der Waals surface area contributed by atoms with Crippen molar-refractivity contribution in [3.05, 3.63) is 76.7 Å².